The molecule has 0 heterocycles. The maximum Gasteiger partial charge on any atom is 0.304 e. The third-order valence-corrected chi connectivity index (χ3v) is 2.81. The number of aliphatic carboxylic acids is 1. The summed E-state index contributed by atoms with van der Waals surface area (Å²) in [4.78, 5) is 10.8. The van der Waals surface area contributed by atoms with E-state index in [1.807, 2.05) is 19.9 Å². The summed E-state index contributed by atoms with van der Waals surface area (Å²) in [6.07, 6.45) is 0.0407. The molecule has 0 radical (unpaired) electrons. The van der Waals surface area contributed by atoms with Gasteiger partial charge in [0.25, 0.3) is 0 Å². The van der Waals surface area contributed by atoms with Crippen LogP contribution in [0.15, 0.2) is 18.2 Å². The fraction of sp³-hybridized carbons (Fsp3) is 0.417. The van der Waals surface area contributed by atoms with Gasteiger partial charge < -0.3 is 9.84 Å². The first kappa shape index (κ1) is 12.8. The van der Waals surface area contributed by atoms with Crippen LogP contribution in [0.3, 0.4) is 0 Å². The van der Waals surface area contributed by atoms with E-state index in [4.69, 9.17) is 21.4 Å². The van der Waals surface area contributed by atoms with Gasteiger partial charge in [0.2, 0.25) is 0 Å². The molecular formula is C12H15ClO3. The third-order valence-electron chi connectivity index (χ3n) is 2.50. The number of hydrogen-bond acceptors (Lipinski definition) is 2. The second kappa shape index (κ2) is 4.74. The Balaban J connectivity index is 3.08. The molecule has 0 amide bonds. The van der Waals surface area contributed by atoms with Crippen LogP contribution >= 0.6 is 11.6 Å². The Hall–Kier alpha value is -1.22. The number of hydrogen-bond donors (Lipinski definition) is 1. The zero-order valence-corrected chi connectivity index (χ0v) is 10.3. The van der Waals surface area contributed by atoms with Gasteiger partial charge in [0.1, 0.15) is 5.75 Å². The number of carbonyl (C=O) groups is 1. The fourth-order valence-corrected chi connectivity index (χ4v) is 2.07. The molecule has 0 spiro atoms. The van der Waals surface area contributed by atoms with Crippen molar-refractivity contribution in [1.82, 2.24) is 0 Å². The predicted molar refractivity (Wildman–Crippen MR) is 63.3 cm³/mol. The molecule has 0 atom stereocenters. The maximum atomic E-state index is 10.8. The molecule has 0 aliphatic rings. The number of halogens is 1. The van der Waals surface area contributed by atoms with Crippen molar-refractivity contribution >= 4 is 17.6 Å². The van der Waals surface area contributed by atoms with E-state index >= 15 is 0 Å². The molecule has 1 N–H and O–H groups in total. The zero-order valence-electron chi connectivity index (χ0n) is 9.58. The van der Waals surface area contributed by atoms with Crippen molar-refractivity contribution < 1.29 is 14.6 Å². The lowest BCUT2D eigenvalue weighted by Gasteiger charge is -2.24. The number of carboxylic acids is 1. The molecule has 0 saturated carbocycles. The summed E-state index contributed by atoms with van der Waals surface area (Å²) in [6.45, 7) is 3.71. The lowest BCUT2D eigenvalue weighted by atomic mass is 9.81. The lowest BCUT2D eigenvalue weighted by Crippen LogP contribution is -2.22. The highest BCUT2D eigenvalue weighted by Gasteiger charge is 2.26. The van der Waals surface area contributed by atoms with Gasteiger partial charge in [0, 0.05) is 10.4 Å². The maximum absolute atomic E-state index is 10.8. The molecule has 1 rings (SSSR count). The van der Waals surface area contributed by atoms with Gasteiger partial charge in [-0.3, -0.25) is 4.79 Å². The number of methoxy groups -OCH3 is 1. The Morgan fingerprint density at radius 2 is 2.12 bits per heavy atom. The highest BCUT2D eigenvalue weighted by Crippen LogP contribution is 2.34. The van der Waals surface area contributed by atoms with E-state index in [1.165, 1.54) is 0 Å². The van der Waals surface area contributed by atoms with Gasteiger partial charge in [0.05, 0.1) is 13.5 Å². The van der Waals surface area contributed by atoms with Gasteiger partial charge in [-0.15, -0.1) is 0 Å². The van der Waals surface area contributed by atoms with Gasteiger partial charge in [0.15, 0.2) is 0 Å². The fourth-order valence-electron chi connectivity index (χ4n) is 1.64. The molecule has 1 aromatic carbocycles. The third kappa shape index (κ3) is 2.89. The summed E-state index contributed by atoms with van der Waals surface area (Å²) in [5.41, 5.74) is 0.326. The monoisotopic (exact) mass is 242 g/mol. The molecule has 0 bridgehead atoms. The average molecular weight is 243 g/mol. The molecule has 88 valence electrons. The van der Waals surface area contributed by atoms with Gasteiger partial charge in [-0.2, -0.15) is 0 Å². The lowest BCUT2D eigenvalue weighted by molar-refractivity contribution is -0.138. The van der Waals surface area contributed by atoms with Crippen molar-refractivity contribution in [1.29, 1.82) is 0 Å². The van der Waals surface area contributed by atoms with Gasteiger partial charge >= 0.3 is 5.97 Å². The summed E-state index contributed by atoms with van der Waals surface area (Å²) in [5, 5.41) is 9.37. The first-order valence-corrected chi connectivity index (χ1v) is 5.30. The Morgan fingerprint density at radius 1 is 1.50 bits per heavy atom. The van der Waals surface area contributed by atoms with Crippen LogP contribution in [0.5, 0.6) is 5.75 Å². The molecule has 0 aromatic heterocycles. The van der Waals surface area contributed by atoms with Gasteiger partial charge in [-0.05, 0) is 17.7 Å². The van der Waals surface area contributed by atoms with E-state index in [2.05, 4.69) is 0 Å². The van der Waals surface area contributed by atoms with E-state index in [1.54, 1.807) is 19.2 Å². The minimum Gasteiger partial charge on any atom is -0.497 e. The van der Waals surface area contributed by atoms with Crippen molar-refractivity contribution in [2.24, 2.45) is 0 Å². The van der Waals surface area contributed by atoms with Crippen molar-refractivity contribution in [2.75, 3.05) is 7.11 Å². The predicted octanol–water partition coefficient (Wildman–Crippen LogP) is 3.10. The molecular weight excluding hydrogens is 228 g/mol. The van der Waals surface area contributed by atoms with Gasteiger partial charge in [-0.25, -0.2) is 0 Å². The molecule has 16 heavy (non-hydrogen) atoms. The van der Waals surface area contributed by atoms with Crippen LogP contribution in [0.1, 0.15) is 25.8 Å². The zero-order chi connectivity index (χ0) is 12.3. The van der Waals surface area contributed by atoms with Crippen LogP contribution in [0.4, 0.5) is 0 Å². The minimum absolute atomic E-state index is 0.0407. The minimum atomic E-state index is -0.836. The van der Waals surface area contributed by atoms with Crippen molar-refractivity contribution in [3.8, 4) is 5.75 Å². The van der Waals surface area contributed by atoms with Crippen molar-refractivity contribution in [3.63, 3.8) is 0 Å². The second-order valence-corrected chi connectivity index (χ2v) is 4.71. The van der Waals surface area contributed by atoms with Crippen LogP contribution in [0.25, 0.3) is 0 Å². The summed E-state index contributed by atoms with van der Waals surface area (Å²) in [7, 11) is 1.56. The highest BCUT2D eigenvalue weighted by atomic mass is 35.5. The van der Waals surface area contributed by atoms with Crippen LogP contribution in [0, 0.1) is 0 Å². The van der Waals surface area contributed by atoms with Crippen molar-refractivity contribution in [3.05, 3.63) is 28.8 Å². The molecule has 3 nitrogen and oxygen atoms in total. The first-order valence-electron chi connectivity index (χ1n) is 4.92. The number of carboxylic acid groups (broad SMARTS) is 1. The SMILES string of the molecule is COc1ccc(C(C)(C)CC(=O)O)c(Cl)c1. The van der Waals surface area contributed by atoms with E-state index in [0.29, 0.717) is 10.8 Å². The summed E-state index contributed by atoms with van der Waals surface area (Å²) < 4.78 is 5.04. The number of benzene rings is 1. The van der Waals surface area contributed by atoms with E-state index < -0.39 is 11.4 Å². The number of rotatable bonds is 4. The quantitative estimate of drug-likeness (QED) is 0.883. The van der Waals surface area contributed by atoms with Gasteiger partial charge in [-0.1, -0.05) is 31.5 Å². The molecule has 4 heteroatoms. The van der Waals surface area contributed by atoms with E-state index in [-0.39, 0.29) is 6.42 Å². The highest BCUT2D eigenvalue weighted by molar-refractivity contribution is 6.31. The van der Waals surface area contributed by atoms with Crippen LogP contribution in [-0.2, 0) is 10.2 Å². The van der Waals surface area contributed by atoms with Crippen LogP contribution in [-0.4, -0.2) is 18.2 Å². The second-order valence-electron chi connectivity index (χ2n) is 4.30. The topological polar surface area (TPSA) is 46.5 Å². The first-order chi connectivity index (χ1) is 7.36. The molecule has 1 aromatic rings. The molecule has 0 unspecified atom stereocenters. The van der Waals surface area contributed by atoms with E-state index in [9.17, 15) is 4.79 Å². The van der Waals surface area contributed by atoms with E-state index in [0.717, 1.165) is 5.56 Å². The summed E-state index contributed by atoms with van der Waals surface area (Å²) >= 11 is 6.10. The Labute approximate surface area is 100.0 Å². The van der Waals surface area contributed by atoms with Crippen LogP contribution in [0.2, 0.25) is 5.02 Å². The standard InChI is InChI=1S/C12H15ClO3/c1-12(2,7-11(14)15)9-5-4-8(16-3)6-10(9)13/h4-6H,7H2,1-3H3,(H,14,15). The molecule has 0 aliphatic carbocycles. The summed E-state index contributed by atoms with van der Waals surface area (Å²) in [5.74, 6) is -0.170. The molecule has 0 fully saturated rings. The molecule has 0 saturated heterocycles. The smallest absolute Gasteiger partial charge is 0.304 e. The Morgan fingerprint density at radius 3 is 2.56 bits per heavy atom. The Bertz CT molecular complexity index is 399. The number of ether oxygens (including phenoxy) is 1. The Kier molecular flexibility index (Phi) is 3.81. The molecule has 0 aliphatic heterocycles. The normalized spacial score (nSPS) is 11.2. The summed E-state index contributed by atoms with van der Waals surface area (Å²) in [6, 6.07) is 5.29. The van der Waals surface area contributed by atoms with Crippen molar-refractivity contribution in [2.45, 2.75) is 25.7 Å². The average Bonchev–Trinajstić information content (AvgIpc) is 2.14. The van der Waals surface area contributed by atoms with Crippen LogP contribution < -0.4 is 4.74 Å². The largest absolute Gasteiger partial charge is 0.497 e.